The van der Waals surface area contributed by atoms with Crippen molar-refractivity contribution in [2.75, 3.05) is 33.2 Å². The predicted octanol–water partition coefficient (Wildman–Crippen LogP) is 3.91. The maximum Gasteiger partial charge on any atom is 0.231 e. The number of nitrogens with zero attached hydrogens (tertiary/aromatic N) is 1. The van der Waals surface area contributed by atoms with Crippen LogP contribution in [0, 0.1) is 0 Å². The first-order valence-electron chi connectivity index (χ1n) is 10.2. The largest absolute Gasteiger partial charge is 0.454 e. The smallest absolute Gasteiger partial charge is 0.231 e. The van der Waals surface area contributed by atoms with Crippen LogP contribution in [0.3, 0.4) is 0 Å². The van der Waals surface area contributed by atoms with E-state index in [1.165, 1.54) is 0 Å². The minimum atomic E-state index is 0.0812. The third-order valence-electron chi connectivity index (χ3n) is 5.39. The molecule has 0 spiro atoms. The summed E-state index contributed by atoms with van der Waals surface area (Å²) in [6.45, 7) is 4.84. The molecule has 0 N–H and O–H groups in total. The first kappa shape index (κ1) is 18.8. The van der Waals surface area contributed by atoms with Gasteiger partial charge in [-0.1, -0.05) is 19.1 Å². The average Bonchev–Trinajstić information content (AvgIpc) is 3.40. The quantitative estimate of drug-likeness (QED) is 0.719. The van der Waals surface area contributed by atoms with Crippen molar-refractivity contribution in [1.29, 1.82) is 0 Å². The Morgan fingerprint density at radius 1 is 0.800 bits per heavy atom. The van der Waals surface area contributed by atoms with Crippen molar-refractivity contribution in [1.82, 2.24) is 4.90 Å². The van der Waals surface area contributed by atoms with E-state index in [0.717, 1.165) is 46.7 Å². The standard InChI is InChI=1S/C24H23NO5/c1-2-7-25-12-18(8-16-3-5-20-22(10-16)29-14-27-20)24(26)19(13-25)9-17-4-6-21-23(11-17)30-15-28-21/h3-6,8-11H,2,7,12-15H2,1H3/b18-8+,19-9?. The topological polar surface area (TPSA) is 57.2 Å². The number of fused-ring (bicyclic) bond motifs is 2. The van der Waals surface area contributed by atoms with E-state index in [1.54, 1.807) is 0 Å². The molecule has 2 aromatic rings. The first-order valence-corrected chi connectivity index (χ1v) is 10.2. The Bertz CT molecular complexity index is 976. The van der Waals surface area contributed by atoms with Gasteiger partial charge in [-0.05, 0) is 60.5 Å². The molecule has 0 saturated carbocycles. The lowest BCUT2D eigenvalue weighted by Crippen LogP contribution is -2.38. The molecule has 0 atom stereocenters. The second-order valence-electron chi connectivity index (χ2n) is 7.60. The van der Waals surface area contributed by atoms with Gasteiger partial charge in [0.1, 0.15) is 0 Å². The van der Waals surface area contributed by atoms with E-state index in [0.29, 0.717) is 24.6 Å². The van der Waals surface area contributed by atoms with Gasteiger partial charge in [0, 0.05) is 24.2 Å². The van der Waals surface area contributed by atoms with Gasteiger partial charge in [-0.15, -0.1) is 0 Å². The van der Waals surface area contributed by atoms with Crippen LogP contribution in [0.1, 0.15) is 24.5 Å². The highest BCUT2D eigenvalue weighted by atomic mass is 16.7. The molecule has 30 heavy (non-hydrogen) atoms. The lowest BCUT2D eigenvalue weighted by atomic mass is 9.94. The van der Waals surface area contributed by atoms with Crippen LogP contribution in [0.5, 0.6) is 23.0 Å². The summed E-state index contributed by atoms with van der Waals surface area (Å²) in [4.78, 5) is 15.6. The van der Waals surface area contributed by atoms with Gasteiger partial charge in [0.05, 0.1) is 0 Å². The van der Waals surface area contributed by atoms with Gasteiger partial charge in [0.25, 0.3) is 0 Å². The van der Waals surface area contributed by atoms with E-state index in [-0.39, 0.29) is 19.4 Å². The summed E-state index contributed by atoms with van der Waals surface area (Å²) in [5, 5.41) is 0. The summed E-state index contributed by atoms with van der Waals surface area (Å²) in [6, 6.07) is 11.5. The van der Waals surface area contributed by atoms with Crippen LogP contribution in [-0.2, 0) is 4.79 Å². The van der Waals surface area contributed by atoms with E-state index >= 15 is 0 Å². The number of piperidine rings is 1. The van der Waals surface area contributed by atoms with Crippen LogP contribution in [0.25, 0.3) is 12.2 Å². The van der Waals surface area contributed by atoms with E-state index < -0.39 is 0 Å². The number of hydrogen-bond donors (Lipinski definition) is 0. The van der Waals surface area contributed by atoms with Gasteiger partial charge in [0.2, 0.25) is 13.6 Å². The molecule has 6 nitrogen and oxygen atoms in total. The summed E-state index contributed by atoms with van der Waals surface area (Å²) < 4.78 is 21.7. The molecule has 5 rings (SSSR count). The highest BCUT2D eigenvalue weighted by Crippen LogP contribution is 2.35. The van der Waals surface area contributed by atoms with Crippen LogP contribution in [0.4, 0.5) is 0 Å². The fourth-order valence-electron chi connectivity index (χ4n) is 3.99. The van der Waals surface area contributed by atoms with Crippen LogP contribution in [0.15, 0.2) is 47.5 Å². The number of likely N-dealkylation sites (tertiary alicyclic amines) is 1. The number of ketones is 1. The van der Waals surface area contributed by atoms with E-state index in [2.05, 4.69) is 11.8 Å². The molecule has 3 aliphatic rings. The zero-order valence-corrected chi connectivity index (χ0v) is 16.8. The number of Topliss-reactive ketones (excluding diaryl/α,β-unsaturated/α-hetero) is 1. The van der Waals surface area contributed by atoms with Crippen LogP contribution in [0.2, 0.25) is 0 Å². The second kappa shape index (κ2) is 7.88. The van der Waals surface area contributed by atoms with Gasteiger partial charge in [-0.3, -0.25) is 9.69 Å². The number of carbonyl (C=O) groups excluding carboxylic acids is 1. The van der Waals surface area contributed by atoms with Crippen molar-refractivity contribution in [2.24, 2.45) is 0 Å². The van der Waals surface area contributed by atoms with Gasteiger partial charge >= 0.3 is 0 Å². The number of carbonyl (C=O) groups is 1. The SMILES string of the molecule is CCCN1CC(=Cc2ccc3c(c2)OCO3)C(=O)/C(=C/c2ccc3c(c2)OCO3)C1. The van der Waals surface area contributed by atoms with Gasteiger partial charge in [-0.25, -0.2) is 0 Å². The molecule has 0 amide bonds. The zero-order chi connectivity index (χ0) is 20.5. The highest BCUT2D eigenvalue weighted by molar-refractivity contribution is 6.14. The summed E-state index contributed by atoms with van der Waals surface area (Å²) in [6.07, 6.45) is 4.95. The van der Waals surface area contributed by atoms with Crippen molar-refractivity contribution < 1.29 is 23.7 Å². The maximum absolute atomic E-state index is 13.3. The molecule has 154 valence electrons. The molecule has 1 saturated heterocycles. The molecular weight excluding hydrogens is 382 g/mol. The number of rotatable bonds is 4. The average molecular weight is 405 g/mol. The lowest BCUT2D eigenvalue weighted by molar-refractivity contribution is -0.113. The van der Waals surface area contributed by atoms with Gasteiger partial charge < -0.3 is 18.9 Å². The molecule has 3 aliphatic heterocycles. The molecule has 0 radical (unpaired) electrons. The van der Waals surface area contributed by atoms with E-state index in [1.807, 2.05) is 48.6 Å². The Morgan fingerprint density at radius 3 is 1.80 bits per heavy atom. The van der Waals surface area contributed by atoms with Crippen LogP contribution >= 0.6 is 0 Å². The summed E-state index contributed by atoms with van der Waals surface area (Å²) in [5.74, 6) is 2.99. The first-order chi connectivity index (χ1) is 14.7. The molecule has 6 heteroatoms. The van der Waals surface area contributed by atoms with Crippen molar-refractivity contribution in [3.8, 4) is 23.0 Å². The summed E-state index contributed by atoms with van der Waals surface area (Å²) in [5.41, 5.74) is 3.42. The Morgan fingerprint density at radius 2 is 1.30 bits per heavy atom. The van der Waals surface area contributed by atoms with E-state index in [4.69, 9.17) is 18.9 Å². The van der Waals surface area contributed by atoms with Crippen molar-refractivity contribution in [2.45, 2.75) is 13.3 Å². The van der Waals surface area contributed by atoms with Crippen LogP contribution in [-0.4, -0.2) is 43.9 Å². The van der Waals surface area contributed by atoms with Gasteiger partial charge in [0.15, 0.2) is 28.8 Å². The fraction of sp³-hybridized carbons (Fsp3) is 0.292. The zero-order valence-electron chi connectivity index (χ0n) is 16.8. The summed E-state index contributed by atoms with van der Waals surface area (Å²) in [7, 11) is 0. The van der Waals surface area contributed by atoms with Gasteiger partial charge in [-0.2, -0.15) is 0 Å². The second-order valence-corrected chi connectivity index (χ2v) is 7.60. The Kier molecular flexibility index (Phi) is 4.93. The third-order valence-corrected chi connectivity index (χ3v) is 5.39. The van der Waals surface area contributed by atoms with Crippen LogP contribution < -0.4 is 18.9 Å². The molecule has 0 aromatic heterocycles. The molecule has 2 aromatic carbocycles. The maximum atomic E-state index is 13.3. The monoisotopic (exact) mass is 405 g/mol. The van der Waals surface area contributed by atoms with Crippen molar-refractivity contribution in [3.05, 3.63) is 58.7 Å². The predicted molar refractivity (Wildman–Crippen MR) is 113 cm³/mol. The third kappa shape index (κ3) is 3.66. The van der Waals surface area contributed by atoms with Crippen molar-refractivity contribution in [3.63, 3.8) is 0 Å². The molecular formula is C24H23NO5. The number of hydrogen-bond acceptors (Lipinski definition) is 6. The highest BCUT2D eigenvalue weighted by Gasteiger charge is 2.26. The molecule has 1 fully saturated rings. The molecule has 0 bridgehead atoms. The Balaban J connectivity index is 1.46. The normalized spacial score (nSPS) is 20.4. The number of ether oxygens (including phenoxy) is 4. The Hall–Kier alpha value is -3.25. The van der Waals surface area contributed by atoms with Crippen molar-refractivity contribution >= 4 is 17.9 Å². The van der Waals surface area contributed by atoms with E-state index in [9.17, 15) is 4.79 Å². The molecule has 0 aliphatic carbocycles. The molecule has 3 heterocycles. The minimum Gasteiger partial charge on any atom is -0.454 e. The molecule has 0 unspecified atom stereocenters. The summed E-state index contributed by atoms with van der Waals surface area (Å²) >= 11 is 0. The lowest BCUT2D eigenvalue weighted by Gasteiger charge is -2.29. The Labute approximate surface area is 175 Å². The minimum absolute atomic E-state index is 0.0812. The number of benzene rings is 2. The fourth-order valence-corrected chi connectivity index (χ4v) is 3.99.